The summed E-state index contributed by atoms with van der Waals surface area (Å²) in [6.07, 6.45) is 1.38. The summed E-state index contributed by atoms with van der Waals surface area (Å²) in [7, 11) is -3.84. The fourth-order valence-electron chi connectivity index (χ4n) is 2.37. The van der Waals surface area contributed by atoms with E-state index in [4.69, 9.17) is 9.47 Å². The molecule has 0 fully saturated rings. The average molecular weight is 420 g/mol. The first-order valence-corrected chi connectivity index (χ1v) is 10.6. The maximum absolute atomic E-state index is 12.3. The van der Waals surface area contributed by atoms with Crippen molar-refractivity contribution in [1.29, 1.82) is 0 Å². The van der Waals surface area contributed by atoms with Gasteiger partial charge in [-0.05, 0) is 68.8 Å². The van der Waals surface area contributed by atoms with E-state index in [0.29, 0.717) is 29.4 Å². The first-order valence-electron chi connectivity index (χ1n) is 9.07. The van der Waals surface area contributed by atoms with Crippen LogP contribution >= 0.6 is 0 Å². The van der Waals surface area contributed by atoms with Crippen molar-refractivity contribution in [3.8, 4) is 11.5 Å². The number of benzene rings is 2. The summed E-state index contributed by atoms with van der Waals surface area (Å²) in [5.41, 5.74) is 1.15. The molecule has 0 spiro atoms. The van der Waals surface area contributed by atoms with E-state index in [0.717, 1.165) is 0 Å². The molecule has 0 saturated heterocycles. The van der Waals surface area contributed by atoms with Gasteiger partial charge in [-0.25, -0.2) is 4.83 Å². The van der Waals surface area contributed by atoms with E-state index < -0.39 is 10.0 Å². The van der Waals surface area contributed by atoms with Gasteiger partial charge in [-0.2, -0.15) is 13.5 Å². The van der Waals surface area contributed by atoms with Crippen molar-refractivity contribution in [2.75, 3.05) is 11.9 Å². The Morgan fingerprint density at radius 1 is 1.14 bits per heavy atom. The average Bonchev–Trinajstić information content (AvgIpc) is 2.63. The van der Waals surface area contributed by atoms with Gasteiger partial charge in [-0.15, -0.1) is 0 Å². The molecule has 8 nitrogen and oxygen atoms in total. The van der Waals surface area contributed by atoms with Crippen LogP contribution in [0.3, 0.4) is 0 Å². The smallest absolute Gasteiger partial charge is 0.276 e. The highest BCUT2D eigenvalue weighted by Gasteiger charge is 2.13. The number of carbonyl (C=O) groups is 1. The molecular formula is C20H25N3O5S. The first-order chi connectivity index (χ1) is 13.7. The van der Waals surface area contributed by atoms with Crippen LogP contribution in [0.2, 0.25) is 0 Å². The molecule has 29 heavy (non-hydrogen) atoms. The predicted molar refractivity (Wildman–Crippen MR) is 112 cm³/mol. The van der Waals surface area contributed by atoms with Crippen LogP contribution in [0.5, 0.6) is 11.5 Å². The number of carbonyl (C=O) groups excluding carboxylic acids is 1. The van der Waals surface area contributed by atoms with Gasteiger partial charge in [0.05, 0.1) is 23.8 Å². The Balaban J connectivity index is 2.11. The maximum atomic E-state index is 12.3. The molecule has 0 saturated carbocycles. The Morgan fingerprint density at radius 2 is 1.83 bits per heavy atom. The lowest BCUT2D eigenvalue weighted by Crippen LogP contribution is -2.18. The summed E-state index contributed by atoms with van der Waals surface area (Å²) >= 11 is 0. The molecule has 0 bridgehead atoms. The van der Waals surface area contributed by atoms with Gasteiger partial charge in [-0.1, -0.05) is 0 Å². The van der Waals surface area contributed by atoms with Crippen molar-refractivity contribution in [3.05, 3.63) is 48.0 Å². The normalized spacial score (nSPS) is 11.5. The molecule has 2 N–H and O–H groups in total. The number of amides is 1. The van der Waals surface area contributed by atoms with Gasteiger partial charge in [-0.3, -0.25) is 4.79 Å². The van der Waals surface area contributed by atoms with Crippen molar-refractivity contribution in [2.45, 2.75) is 38.7 Å². The molecule has 0 aliphatic heterocycles. The number of nitrogens with one attached hydrogen (secondary N) is 2. The Morgan fingerprint density at radius 3 is 2.41 bits per heavy atom. The summed E-state index contributed by atoms with van der Waals surface area (Å²) in [4.78, 5) is 13.2. The number of anilines is 1. The molecule has 156 valence electrons. The third-order valence-electron chi connectivity index (χ3n) is 3.50. The summed E-state index contributed by atoms with van der Waals surface area (Å²) in [6, 6.07) is 11.0. The maximum Gasteiger partial charge on any atom is 0.276 e. The van der Waals surface area contributed by atoms with E-state index in [1.165, 1.54) is 37.4 Å². The zero-order valence-corrected chi connectivity index (χ0v) is 17.6. The number of rotatable bonds is 9. The molecule has 0 aromatic heterocycles. The number of nitrogens with zero attached hydrogens (tertiary/aromatic N) is 1. The summed E-state index contributed by atoms with van der Waals surface area (Å²) in [6.45, 7) is 7.55. The van der Waals surface area contributed by atoms with Crippen molar-refractivity contribution < 1.29 is 22.7 Å². The molecule has 1 amide bonds. The van der Waals surface area contributed by atoms with Crippen LogP contribution < -0.4 is 19.6 Å². The molecule has 0 aliphatic carbocycles. The zero-order chi connectivity index (χ0) is 21.4. The number of hydrogen-bond acceptors (Lipinski definition) is 6. The molecule has 0 heterocycles. The number of ether oxygens (including phenoxy) is 2. The molecule has 0 atom stereocenters. The van der Waals surface area contributed by atoms with Gasteiger partial charge in [0.2, 0.25) is 5.91 Å². The Labute approximate surface area is 171 Å². The fourth-order valence-corrected chi connectivity index (χ4v) is 3.16. The van der Waals surface area contributed by atoms with Crippen molar-refractivity contribution in [1.82, 2.24) is 4.83 Å². The van der Waals surface area contributed by atoms with E-state index in [2.05, 4.69) is 15.2 Å². The Kier molecular flexibility index (Phi) is 7.60. The van der Waals surface area contributed by atoms with Crippen molar-refractivity contribution in [3.63, 3.8) is 0 Å². The molecule has 9 heteroatoms. The predicted octanol–water partition coefficient (Wildman–Crippen LogP) is 3.14. The SMILES string of the molecule is CCOc1cc(/C=N\NS(=O)(=O)c2ccc(NC(C)=O)cc2)ccc1OC(C)C. The standard InChI is InChI=1S/C20H25N3O5S/c1-5-27-20-12-16(6-11-19(20)28-14(2)3)13-21-23-29(25,26)18-9-7-17(8-10-18)22-15(4)24/h6-14,23H,5H2,1-4H3,(H,22,24)/b21-13-. The van der Waals surface area contributed by atoms with Crippen LogP contribution in [0, 0.1) is 0 Å². The summed E-state index contributed by atoms with van der Waals surface area (Å²) in [5, 5.41) is 6.40. The van der Waals surface area contributed by atoms with Gasteiger partial charge >= 0.3 is 0 Å². The second-order valence-electron chi connectivity index (χ2n) is 6.36. The molecule has 2 aromatic rings. The van der Waals surface area contributed by atoms with E-state index in [1.54, 1.807) is 18.2 Å². The lowest BCUT2D eigenvalue weighted by Gasteiger charge is -2.14. The van der Waals surface area contributed by atoms with Crippen LogP contribution in [0.1, 0.15) is 33.3 Å². The van der Waals surface area contributed by atoms with E-state index in [-0.39, 0.29) is 16.9 Å². The van der Waals surface area contributed by atoms with Gasteiger partial charge < -0.3 is 14.8 Å². The highest BCUT2D eigenvalue weighted by Crippen LogP contribution is 2.29. The zero-order valence-electron chi connectivity index (χ0n) is 16.8. The summed E-state index contributed by atoms with van der Waals surface area (Å²) in [5.74, 6) is 0.931. The molecule has 0 radical (unpaired) electrons. The van der Waals surface area contributed by atoms with Gasteiger partial charge in [0.25, 0.3) is 10.0 Å². The van der Waals surface area contributed by atoms with E-state index in [9.17, 15) is 13.2 Å². The van der Waals surface area contributed by atoms with Gasteiger partial charge in [0.15, 0.2) is 11.5 Å². The highest BCUT2D eigenvalue weighted by molar-refractivity contribution is 7.89. The molecule has 2 rings (SSSR count). The fraction of sp³-hybridized carbons (Fsp3) is 0.300. The Bertz CT molecular complexity index is 970. The second kappa shape index (κ2) is 9.92. The van der Waals surface area contributed by atoms with Crippen LogP contribution in [-0.2, 0) is 14.8 Å². The van der Waals surface area contributed by atoms with Crippen LogP contribution in [0.4, 0.5) is 5.69 Å². The van der Waals surface area contributed by atoms with Gasteiger partial charge in [0.1, 0.15) is 0 Å². The van der Waals surface area contributed by atoms with Crippen molar-refractivity contribution >= 4 is 27.8 Å². The number of hydrazone groups is 1. The largest absolute Gasteiger partial charge is 0.490 e. The quantitative estimate of drug-likeness (QED) is 0.480. The molecule has 0 unspecified atom stereocenters. The third-order valence-corrected chi connectivity index (χ3v) is 4.74. The minimum atomic E-state index is -3.84. The topological polar surface area (TPSA) is 106 Å². The van der Waals surface area contributed by atoms with Crippen LogP contribution in [0.15, 0.2) is 52.5 Å². The molecular weight excluding hydrogens is 394 g/mol. The van der Waals surface area contributed by atoms with Gasteiger partial charge in [0, 0.05) is 12.6 Å². The molecule has 2 aromatic carbocycles. The lowest BCUT2D eigenvalue weighted by atomic mass is 10.2. The van der Waals surface area contributed by atoms with E-state index >= 15 is 0 Å². The summed E-state index contributed by atoms with van der Waals surface area (Å²) < 4.78 is 36.0. The Hall–Kier alpha value is -3.07. The van der Waals surface area contributed by atoms with E-state index in [1.807, 2.05) is 20.8 Å². The molecule has 0 aliphatic rings. The number of hydrogen-bond donors (Lipinski definition) is 2. The second-order valence-corrected chi connectivity index (χ2v) is 8.03. The minimum absolute atomic E-state index is 0.00225. The van der Waals surface area contributed by atoms with Crippen LogP contribution in [0.25, 0.3) is 0 Å². The lowest BCUT2D eigenvalue weighted by molar-refractivity contribution is -0.114. The number of sulfonamides is 1. The minimum Gasteiger partial charge on any atom is -0.490 e. The van der Waals surface area contributed by atoms with Crippen LogP contribution in [-0.4, -0.2) is 33.3 Å². The highest BCUT2D eigenvalue weighted by atomic mass is 32.2. The van der Waals surface area contributed by atoms with Crippen molar-refractivity contribution in [2.24, 2.45) is 5.10 Å². The third kappa shape index (κ3) is 6.79. The first kappa shape index (κ1) is 22.2. The monoisotopic (exact) mass is 419 g/mol.